The lowest BCUT2D eigenvalue weighted by Crippen LogP contribution is -2.21. The van der Waals surface area contributed by atoms with Gasteiger partial charge in [-0.2, -0.15) is 0 Å². The summed E-state index contributed by atoms with van der Waals surface area (Å²) in [5, 5.41) is 1.85. The van der Waals surface area contributed by atoms with E-state index in [1.807, 2.05) is 24.5 Å². The first kappa shape index (κ1) is 28.2. The van der Waals surface area contributed by atoms with Crippen LogP contribution in [0.3, 0.4) is 0 Å². The average Bonchev–Trinajstić information content (AvgIpc) is 2.98. The molecular weight excluding hydrogens is 496 g/mol. The Balaban J connectivity index is 1.40. The zero-order valence-corrected chi connectivity index (χ0v) is 24.2. The van der Waals surface area contributed by atoms with Gasteiger partial charge in [-0.05, 0) is 98.5 Å². The Morgan fingerprint density at radius 1 is 0.513 bits per heavy atom. The van der Waals surface area contributed by atoms with Gasteiger partial charge in [0.25, 0.3) is 0 Å². The van der Waals surface area contributed by atoms with Gasteiger partial charge < -0.3 is 9.80 Å². The summed E-state index contributed by atoms with van der Waals surface area (Å²) in [6, 6.07) is 25.7. The van der Waals surface area contributed by atoms with Crippen molar-refractivity contribution in [1.29, 1.82) is 0 Å². The Morgan fingerprint density at radius 2 is 0.872 bits per heavy atom. The van der Waals surface area contributed by atoms with Crippen LogP contribution in [0.2, 0.25) is 0 Å². The van der Waals surface area contributed by atoms with Crippen molar-refractivity contribution >= 4 is 47.4 Å². The van der Waals surface area contributed by atoms with Gasteiger partial charge in [-0.1, -0.05) is 60.3 Å². The second kappa shape index (κ2) is 14.4. The fourth-order valence-corrected chi connectivity index (χ4v) is 5.26. The third-order valence-electron chi connectivity index (χ3n) is 6.71. The maximum atomic E-state index is 4.56. The van der Waals surface area contributed by atoms with Gasteiger partial charge in [0.15, 0.2) is 0 Å². The molecule has 0 aliphatic heterocycles. The standard InChI is InChI=1S/C34H38N4S/c1-5-37(6-2)31-17-13-27(14-18-31)9-11-29-21-23-35-33(25-29)39-34-26-30(22-24-36-34)12-10-28-15-19-32(20-16-28)38(7-3)8-4/h9-26H,5-8H2,1-4H3/b11-9+,12-10+. The van der Waals surface area contributed by atoms with Crippen molar-refractivity contribution in [3.8, 4) is 0 Å². The molecule has 0 atom stereocenters. The van der Waals surface area contributed by atoms with Crippen molar-refractivity contribution in [1.82, 2.24) is 9.97 Å². The van der Waals surface area contributed by atoms with Crippen molar-refractivity contribution in [3.63, 3.8) is 0 Å². The van der Waals surface area contributed by atoms with Crippen molar-refractivity contribution in [2.24, 2.45) is 0 Å². The second-order valence-corrected chi connectivity index (χ2v) is 10.2. The lowest BCUT2D eigenvalue weighted by Gasteiger charge is -2.20. The number of hydrogen-bond donors (Lipinski definition) is 0. The highest BCUT2D eigenvalue weighted by Crippen LogP contribution is 2.26. The molecule has 0 amide bonds. The fraction of sp³-hybridized carbons (Fsp3) is 0.235. The van der Waals surface area contributed by atoms with Crippen LogP contribution in [-0.2, 0) is 0 Å². The Labute approximate surface area is 238 Å². The van der Waals surface area contributed by atoms with Crippen LogP contribution < -0.4 is 9.80 Å². The molecule has 5 heteroatoms. The lowest BCUT2D eigenvalue weighted by atomic mass is 10.1. The molecule has 200 valence electrons. The molecule has 39 heavy (non-hydrogen) atoms. The van der Waals surface area contributed by atoms with Gasteiger partial charge in [0.2, 0.25) is 0 Å². The molecule has 0 saturated heterocycles. The van der Waals surface area contributed by atoms with Crippen LogP contribution in [0, 0.1) is 0 Å². The second-order valence-electron chi connectivity index (χ2n) is 9.15. The molecule has 2 aromatic carbocycles. The van der Waals surface area contributed by atoms with Crippen molar-refractivity contribution in [2.45, 2.75) is 37.7 Å². The molecule has 0 N–H and O–H groups in total. The van der Waals surface area contributed by atoms with E-state index in [1.165, 1.54) is 22.5 Å². The Kier molecular flexibility index (Phi) is 10.4. The molecule has 2 heterocycles. The zero-order valence-electron chi connectivity index (χ0n) is 23.4. The lowest BCUT2D eigenvalue weighted by molar-refractivity contribution is 0.866. The van der Waals surface area contributed by atoms with E-state index in [-0.39, 0.29) is 0 Å². The third-order valence-corrected chi connectivity index (χ3v) is 7.57. The topological polar surface area (TPSA) is 32.3 Å². The van der Waals surface area contributed by atoms with Crippen LogP contribution in [-0.4, -0.2) is 36.1 Å². The summed E-state index contributed by atoms with van der Waals surface area (Å²) in [6.07, 6.45) is 12.3. The molecule has 0 radical (unpaired) electrons. The number of pyridine rings is 2. The van der Waals surface area contributed by atoms with E-state index in [2.05, 4.69) is 132 Å². The van der Waals surface area contributed by atoms with E-state index in [0.717, 1.165) is 47.4 Å². The Hall–Kier alpha value is -3.83. The van der Waals surface area contributed by atoms with Gasteiger partial charge >= 0.3 is 0 Å². The minimum Gasteiger partial charge on any atom is -0.372 e. The molecule has 0 aliphatic carbocycles. The van der Waals surface area contributed by atoms with E-state index in [0.29, 0.717) is 0 Å². The Bertz CT molecular complexity index is 1260. The van der Waals surface area contributed by atoms with Crippen molar-refractivity contribution in [3.05, 3.63) is 107 Å². The highest BCUT2D eigenvalue weighted by Gasteiger charge is 2.04. The van der Waals surface area contributed by atoms with Gasteiger partial charge in [-0.25, -0.2) is 9.97 Å². The van der Waals surface area contributed by atoms with Crippen LogP contribution in [0.1, 0.15) is 49.9 Å². The van der Waals surface area contributed by atoms with Gasteiger partial charge in [-0.3, -0.25) is 0 Å². The van der Waals surface area contributed by atoms with Gasteiger partial charge in [0.05, 0.1) is 0 Å². The normalized spacial score (nSPS) is 11.4. The van der Waals surface area contributed by atoms with Gasteiger partial charge in [0, 0.05) is 49.9 Å². The van der Waals surface area contributed by atoms with E-state index in [1.54, 1.807) is 11.8 Å². The van der Waals surface area contributed by atoms with Crippen LogP contribution in [0.15, 0.2) is 95.2 Å². The first-order valence-electron chi connectivity index (χ1n) is 13.8. The average molecular weight is 535 g/mol. The number of nitrogens with zero attached hydrogens (tertiary/aromatic N) is 4. The number of rotatable bonds is 12. The molecular formula is C34H38N4S. The molecule has 4 nitrogen and oxygen atoms in total. The molecule has 2 aromatic heterocycles. The smallest absolute Gasteiger partial charge is 0.103 e. The molecule has 4 rings (SSSR count). The molecule has 0 unspecified atom stereocenters. The largest absolute Gasteiger partial charge is 0.372 e. The summed E-state index contributed by atoms with van der Waals surface area (Å²) < 4.78 is 0. The van der Waals surface area contributed by atoms with Crippen molar-refractivity contribution < 1.29 is 0 Å². The number of benzene rings is 2. The highest BCUT2D eigenvalue weighted by atomic mass is 32.2. The maximum absolute atomic E-state index is 4.56. The summed E-state index contributed by atoms with van der Waals surface area (Å²) >= 11 is 1.58. The van der Waals surface area contributed by atoms with Crippen LogP contribution in [0.4, 0.5) is 11.4 Å². The van der Waals surface area contributed by atoms with Crippen LogP contribution >= 0.6 is 11.8 Å². The summed E-state index contributed by atoms with van der Waals surface area (Å²) in [4.78, 5) is 13.8. The number of anilines is 2. The molecule has 0 aliphatic rings. The molecule has 0 bridgehead atoms. The molecule has 0 saturated carbocycles. The minimum absolute atomic E-state index is 0.926. The Morgan fingerprint density at radius 3 is 1.23 bits per heavy atom. The minimum atomic E-state index is 0.926. The van der Waals surface area contributed by atoms with Crippen molar-refractivity contribution in [2.75, 3.05) is 36.0 Å². The number of aromatic nitrogens is 2. The van der Waals surface area contributed by atoms with Crippen LogP contribution in [0.5, 0.6) is 0 Å². The fourth-order valence-electron chi connectivity index (χ4n) is 4.43. The maximum Gasteiger partial charge on any atom is 0.103 e. The summed E-state index contributed by atoms with van der Waals surface area (Å²) in [7, 11) is 0. The predicted molar refractivity (Wildman–Crippen MR) is 170 cm³/mol. The molecule has 0 spiro atoms. The monoisotopic (exact) mass is 534 g/mol. The van der Waals surface area contributed by atoms with E-state index in [9.17, 15) is 0 Å². The van der Waals surface area contributed by atoms with Gasteiger partial charge in [-0.15, -0.1) is 0 Å². The number of hydrogen-bond acceptors (Lipinski definition) is 5. The van der Waals surface area contributed by atoms with E-state index < -0.39 is 0 Å². The predicted octanol–water partition coefficient (Wildman–Crippen LogP) is 8.66. The first-order chi connectivity index (χ1) is 19.1. The van der Waals surface area contributed by atoms with E-state index >= 15 is 0 Å². The molecule has 4 aromatic rings. The van der Waals surface area contributed by atoms with Crippen LogP contribution in [0.25, 0.3) is 24.3 Å². The highest BCUT2D eigenvalue weighted by molar-refractivity contribution is 7.99. The summed E-state index contributed by atoms with van der Waals surface area (Å²) in [5.41, 5.74) is 7.12. The zero-order chi connectivity index (χ0) is 27.5. The third kappa shape index (κ3) is 8.08. The summed E-state index contributed by atoms with van der Waals surface area (Å²) in [6.45, 7) is 12.8. The molecule has 0 fully saturated rings. The SMILES string of the molecule is CCN(CC)c1ccc(/C=C/c2ccnc(Sc3cc(/C=C/c4ccc(N(CC)CC)cc4)ccn3)c2)cc1. The summed E-state index contributed by atoms with van der Waals surface area (Å²) in [5.74, 6) is 0. The first-order valence-corrected chi connectivity index (χ1v) is 14.6. The van der Waals surface area contributed by atoms with Gasteiger partial charge in [0.1, 0.15) is 10.1 Å². The quantitative estimate of drug-likeness (QED) is 0.182. The van der Waals surface area contributed by atoms with E-state index in [4.69, 9.17) is 0 Å².